The highest BCUT2D eigenvalue weighted by molar-refractivity contribution is 4.43. The Morgan fingerprint density at radius 1 is 0.500 bits per heavy atom. The van der Waals surface area contributed by atoms with E-state index >= 15 is 0 Å². The van der Waals surface area contributed by atoms with Gasteiger partial charge in [0.15, 0.2) is 0 Å². The molecule has 0 amide bonds. The van der Waals surface area contributed by atoms with E-state index in [-0.39, 0.29) is 0 Å². The number of aliphatic hydroxyl groups is 1. The van der Waals surface area contributed by atoms with Gasteiger partial charge in [0, 0.05) is 6.61 Å². The predicted octanol–water partition coefficient (Wildman–Crippen LogP) is 5.32. The van der Waals surface area contributed by atoms with E-state index in [1.807, 2.05) is 0 Å². The summed E-state index contributed by atoms with van der Waals surface area (Å²) in [7, 11) is 0. The second kappa shape index (κ2) is 20.4. The van der Waals surface area contributed by atoms with Gasteiger partial charge in [-0.1, -0.05) is 85.0 Å². The van der Waals surface area contributed by atoms with Crippen LogP contribution in [0.25, 0.3) is 0 Å². The molecule has 0 fully saturated rings. The minimum absolute atomic E-state index is 0.355. The van der Waals surface area contributed by atoms with Gasteiger partial charge in [0.05, 0.1) is 0 Å². The highest BCUT2D eigenvalue weighted by Crippen LogP contribution is 2.07. The molecule has 1 heteroatoms. The van der Waals surface area contributed by atoms with Crippen LogP contribution in [0.15, 0.2) is 0 Å². The standard InChI is InChI=1S/C10H22.C5H12O/c1-3-5-7-9-10-8-6-4-2;1-2-3-4-5-6/h3-10H2,1-2H3;6H,2-5H2,1H3. The molecule has 100 valence electrons. The molecule has 0 aliphatic carbocycles. The van der Waals surface area contributed by atoms with Crippen molar-refractivity contribution in [2.45, 2.75) is 91.4 Å². The Morgan fingerprint density at radius 2 is 0.812 bits per heavy atom. The summed E-state index contributed by atoms with van der Waals surface area (Å²) in [6.07, 6.45) is 14.8. The third-order valence-corrected chi connectivity index (χ3v) is 2.72. The first-order chi connectivity index (χ1) is 7.83. The van der Waals surface area contributed by atoms with Crippen LogP contribution in [0.2, 0.25) is 0 Å². The fraction of sp³-hybridized carbons (Fsp3) is 1.00. The minimum Gasteiger partial charge on any atom is -0.396 e. The van der Waals surface area contributed by atoms with Crippen molar-refractivity contribution < 1.29 is 5.11 Å². The Morgan fingerprint density at radius 3 is 1.06 bits per heavy atom. The monoisotopic (exact) mass is 230 g/mol. The van der Waals surface area contributed by atoms with Crippen molar-refractivity contribution in [3.05, 3.63) is 0 Å². The maximum Gasteiger partial charge on any atom is 0.0431 e. The Hall–Kier alpha value is -0.0400. The first-order valence-corrected chi connectivity index (χ1v) is 7.44. The van der Waals surface area contributed by atoms with E-state index in [2.05, 4.69) is 20.8 Å². The normalized spacial score (nSPS) is 9.75. The fourth-order valence-corrected chi connectivity index (χ4v) is 1.57. The van der Waals surface area contributed by atoms with Gasteiger partial charge in [-0.3, -0.25) is 0 Å². The molecule has 1 nitrogen and oxygen atoms in total. The Labute approximate surface area is 104 Å². The van der Waals surface area contributed by atoms with Gasteiger partial charge in [-0.05, 0) is 6.42 Å². The first-order valence-electron chi connectivity index (χ1n) is 7.44. The van der Waals surface area contributed by atoms with Crippen LogP contribution in [0.3, 0.4) is 0 Å². The molecule has 0 saturated carbocycles. The zero-order valence-corrected chi connectivity index (χ0v) is 11.9. The van der Waals surface area contributed by atoms with Crippen LogP contribution in [0, 0.1) is 0 Å². The van der Waals surface area contributed by atoms with Gasteiger partial charge in [0.1, 0.15) is 0 Å². The maximum absolute atomic E-state index is 8.20. The molecule has 0 aromatic carbocycles. The number of hydrogen-bond acceptors (Lipinski definition) is 1. The van der Waals surface area contributed by atoms with E-state index in [9.17, 15) is 0 Å². The summed E-state index contributed by atoms with van der Waals surface area (Å²) in [4.78, 5) is 0. The molecular formula is C15H34O. The second-order valence-corrected chi connectivity index (χ2v) is 4.55. The fourth-order valence-electron chi connectivity index (χ4n) is 1.57. The topological polar surface area (TPSA) is 20.2 Å². The Kier molecular flexibility index (Phi) is 23.3. The van der Waals surface area contributed by atoms with Gasteiger partial charge in [-0.15, -0.1) is 0 Å². The van der Waals surface area contributed by atoms with Crippen LogP contribution in [-0.4, -0.2) is 11.7 Å². The van der Waals surface area contributed by atoms with Gasteiger partial charge in [-0.2, -0.15) is 0 Å². The molecule has 0 bridgehead atoms. The molecule has 0 aromatic rings. The van der Waals surface area contributed by atoms with E-state index in [0.29, 0.717) is 6.61 Å². The number of rotatable bonds is 10. The number of unbranched alkanes of at least 4 members (excludes halogenated alkanes) is 9. The molecule has 0 saturated heterocycles. The lowest BCUT2D eigenvalue weighted by Crippen LogP contribution is -1.78. The zero-order chi connectivity index (χ0) is 12.5. The maximum atomic E-state index is 8.20. The lowest BCUT2D eigenvalue weighted by atomic mass is 10.1. The quantitative estimate of drug-likeness (QED) is 0.504. The van der Waals surface area contributed by atoms with Gasteiger partial charge >= 0.3 is 0 Å². The lowest BCUT2D eigenvalue weighted by molar-refractivity contribution is 0.284. The van der Waals surface area contributed by atoms with Crippen molar-refractivity contribution in [2.75, 3.05) is 6.61 Å². The molecule has 0 atom stereocenters. The molecule has 0 rings (SSSR count). The molecular weight excluding hydrogens is 196 g/mol. The van der Waals surface area contributed by atoms with Crippen LogP contribution in [0.5, 0.6) is 0 Å². The summed E-state index contributed by atoms with van der Waals surface area (Å²) in [5.74, 6) is 0. The molecule has 0 heterocycles. The summed E-state index contributed by atoms with van der Waals surface area (Å²) in [6.45, 7) is 7.02. The average Bonchev–Trinajstić information content (AvgIpc) is 2.32. The van der Waals surface area contributed by atoms with Crippen molar-refractivity contribution in [3.63, 3.8) is 0 Å². The first kappa shape index (κ1) is 18.3. The zero-order valence-electron chi connectivity index (χ0n) is 11.9. The smallest absolute Gasteiger partial charge is 0.0431 e. The molecule has 0 aliphatic rings. The molecule has 1 N–H and O–H groups in total. The van der Waals surface area contributed by atoms with E-state index < -0.39 is 0 Å². The van der Waals surface area contributed by atoms with E-state index in [0.717, 1.165) is 12.8 Å². The van der Waals surface area contributed by atoms with E-state index in [1.54, 1.807) is 0 Å². The van der Waals surface area contributed by atoms with E-state index in [4.69, 9.17) is 5.11 Å². The van der Waals surface area contributed by atoms with Crippen molar-refractivity contribution in [1.82, 2.24) is 0 Å². The predicted molar refractivity (Wildman–Crippen MR) is 74.9 cm³/mol. The van der Waals surface area contributed by atoms with Crippen LogP contribution in [-0.2, 0) is 0 Å². The van der Waals surface area contributed by atoms with Gasteiger partial charge < -0.3 is 5.11 Å². The van der Waals surface area contributed by atoms with Crippen molar-refractivity contribution in [1.29, 1.82) is 0 Å². The summed E-state index contributed by atoms with van der Waals surface area (Å²) >= 11 is 0. The van der Waals surface area contributed by atoms with Gasteiger partial charge in [0.25, 0.3) is 0 Å². The average molecular weight is 230 g/mol. The summed E-state index contributed by atoms with van der Waals surface area (Å²) in [6, 6.07) is 0. The lowest BCUT2D eigenvalue weighted by Gasteiger charge is -1.97. The summed E-state index contributed by atoms with van der Waals surface area (Å²) < 4.78 is 0. The molecule has 0 aromatic heterocycles. The van der Waals surface area contributed by atoms with Gasteiger partial charge in [0.2, 0.25) is 0 Å². The van der Waals surface area contributed by atoms with Crippen molar-refractivity contribution in [3.8, 4) is 0 Å². The van der Waals surface area contributed by atoms with Crippen molar-refractivity contribution in [2.24, 2.45) is 0 Å². The highest BCUT2D eigenvalue weighted by Gasteiger charge is 1.87. The van der Waals surface area contributed by atoms with Crippen LogP contribution in [0.1, 0.15) is 91.4 Å². The number of aliphatic hydroxyl groups excluding tert-OH is 1. The number of hydrogen-bond donors (Lipinski definition) is 1. The Balaban J connectivity index is 0. The summed E-state index contributed by atoms with van der Waals surface area (Å²) in [5, 5.41) is 8.20. The SMILES string of the molecule is CCCCCCCCCC.CCCCCO. The highest BCUT2D eigenvalue weighted by atomic mass is 16.2. The van der Waals surface area contributed by atoms with Crippen LogP contribution < -0.4 is 0 Å². The largest absolute Gasteiger partial charge is 0.396 e. The van der Waals surface area contributed by atoms with E-state index in [1.165, 1.54) is 57.8 Å². The molecule has 0 radical (unpaired) electrons. The van der Waals surface area contributed by atoms with Gasteiger partial charge in [-0.25, -0.2) is 0 Å². The third-order valence-electron chi connectivity index (χ3n) is 2.72. The second-order valence-electron chi connectivity index (χ2n) is 4.55. The minimum atomic E-state index is 0.355. The molecule has 0 spiro atoms. The molecule has 0 aliphatic heterocycles. The molecule has 16 heavy (non-hydrogen) atoms. The third kappa shape index (κ3) is 23.6. The Bertz CT molecular complexity index is 79.4. The van der Waals surface area contributed by atoms with Crippen molar-refractivity contribution >= 4 is 0 Å². The van der Waals surface area contributed by atoms with Crippen LogP contribution >= 0.6 is 0 Å². The van der Waals surface area contributed by atoms with Crippen LogP contribution in [0.4, 0.5) is 0 Å². The molecule has 0 unspecified atom stereocenters. The summed E-state index contributed by atoms with van der Waals surface area (Å²) in [5.41, 5.74) is 0.